The standard InChI is InChI=1S/C16H18ClNO3/c1-2-18-16(13-6-7-15(17)21-13)11-4-5-12-14(10-11)20-9-3-8-19-12/h4-7,10,16,18H,2-3,8-9H2,1H3. The Bertz CT molecular complexity index is 611. The Morgan fingerprint density at radius 1 is 1.14 bits per heavy atom. The van der Waals surface area contributed by atoms with Gasteiger partial charge in [-0.2, -0.15) is 0 Å². The fourth-order valence-electron chi connectivity index (χ4n) is 2.43. The molecule has 2 aromatic rings. The maximum absolute atomic E-state index is 5.89. The summed E-state index contributed by atoms with van der Waals surface area (Å²) in [6.45, 7) is 4.24. The van der Waals surface area contributed by atoms with Gasteiger partial charge in [0.1, 0.15) is 5.76 Å². The highest BCUT2D eigenvalue weighted by atomic mass is 35.5. The first kappa shape index (κ1) is 14.3. The van der Waals surface area contributed by atoms with Crippen molar-refractivity contribution in [3.63, 3.8) is 0 Å². The molecule has 1 unspecified atom stereocenters. The van der Waals surface area contributed by atoms with Crippen molar-refractivity contribution in [2.45, 2.75) is 19.4 Å². The fraction of sp³-hybridized carbons (Fsp3) is 0.375. The molecule has 5 heteroatoms. The second kappa shape index (κ2) is 6.41. The van der Waals surface area contributed by atoms with E-state index in [4.69, 9.17) is 25.5 Å². The minimum absolute atomic E-state index is 0.0559. The lowest BCUT2D eigenvalue weighted by Crippen LogP contribution is -2.21. The van der Waals surface area contributed by atoms with Gasteiger partial charge in [0.2, 0.25) is 0 Å². The van der Waals surface area contributed by atoms with Crippen molar-refractivity contribution < 1.29 is 13.9 Å². The molecule has 21 heavy (non-hydrogen) atoms. The number of rotatable bonds is 4. The van der Waals surface area contributed by atoms with E-state index in [9.17, 15) is 0 Å². The monoisotopic (exact) mass is 307 g/mol. The van der Waals surface area contributed by atoms with Crippen LogP contribution in [-0.4, -0.2) is 19.8 Å². The molecule has 2 heterocycles. The van der Waals surface area contributed by atoms with Gasteiger partial charge in [0.25, 0.3) is 0 Å². The molecule has 1 aliphatic heterocycles. The molecule has 112 valence electrons. The summed E-state index contributed by atoms with van der Waals surface area (Å²) in [6, 6.07) is 9.56. The molecule has 0 fully saturated rings. The molecule has 0 bridgehead atoms. The highest BCUT2D eigenvalue weighted by Crippen LogP contribution is 2.34. The van der Waals surface area contributed by atoms with E-state index in [0.717, 1.165) is 35.8 Å². The molecule has 0 saturated heterocycles. The molecule has 1 aromatic heterocycles. The molecule has 0 aliphatic carbocycles. The number of furan rings is 1. The minimum Gasteiger partial charge on any atom is -0.490 e. The van der Waals surface area contributed by atoms with Crippen LogP contribution in [0.15, 0.2) is 34.7 Å². The van der Waals surface area contributed by atoms with Crippen LogP contribution in [0.4, 0.5) is 0 Å². The molecule has 1 N–H and O–H groups in total. The number of fused-ring (bicyclic) bond motifs is 1. The smallest absolute Gasteiger partial charge is 0.193 e. The molecular weight excluding hydrogens is 290 g/mol. The van der Waals surface area contributed by atoms with Crippen LogP contribution >= 0.6 is 11.6 Å². The summed E-state index contributed by atoms with van der Waals surface area (Å²) in [5, 5.41) is 3.79. The topological polar surface area (TPSA) is 43.6 Å². The van der Waals surface area contributed by atoms with Crippen LogP contribution in [0, 0.1) is 0 Å². The highest BCUT2D eigenvalue weighted by Gasteiger charge is 2.20. The van der Waals surface area contributed by atoms with Crippen molar-refractivity contribution in [3.8, 4) is 11.5 Å². The summed E-state index contributed by atoms with van der Waals surface area (Å²) in [4.78, 5) is 0. The van der Waals surface area contributed by atoms with E-state index in [2.05, 4.69) is 12.2 Å². The Morgan fingerprint density at radius 2 is 1.95 bits per heavy atom. The number of ether oxygens (including phenoxy) is 2. The van der Waals surface area contributed by atoms with Gasteiger partial charge in [-0.25, -0.2) is 0 Å². The second-order valence-electron chi connectivity index (χ2n) is 4.89. The first-order valence-electron chi connectivity index (χ1n) is 7.16. The molecular formula is C16H18ClNO3. The molecule has 0 spiro atoms. The third-order valence-electron chi connectivity index (χ3n) is 3.39. The van der Waals surface area contributed by atoms with Crippen molar-refractivity contribution >= 4 is 11.6 Å². The zero-order valence-corrected chi connectivity index (χ0v) is 12.7. The summed E-state index contributed by atoms with van der Waals surface area (Å²) < 4.78 is 17.0. The SMILES string of the molecule is CCNC(c1ccc2c(c1)OCCCO2)c1ccc(Cl)o1. The van der Waals surface area contributed by atoms with E-state index in [0.29, 0.717) is 18.4 Å². The Kier molecular flexibility index (Phi) is 4.36. The van der Waals surface area contributed by atoms with Gasteiger partial charge in [-0.1, -0.05) is 13.0 Å². The predicted octanol–water partition coefficient (Wildman–Crippen LogP) is 3.79. The van der Waals surface area contributed by atoms with E-state index in [1.165, 1.54) is 0 Å². The molecule has 1 aromatic carbocycles. The van der Waals surface area contributed by atoms with Gasteiger partial charge >= 0.3 is 0 Å². The normalized spacial score (nSPS) is 15.5. The van der Waals surface area contributed by atoms with Crippen molar-refractivity contribution in [1.29, 1.82) is 0 Å². The van der Waals surface area contributed by atoms with Crippen molar-refractivity contribution in [2.75, 3.05) is 19.8 Å². The van der Waals surface area contributed by atoms with Crippen molar-refractivity contribution in [2.24, 2.45) is 0 Å². The third kappa shape index (κ3) is 3.17. The maximum Gasteiger partial charge on any atom is 0.193 e. The molecule has 0 radical (unpaired) electrons. The van der Waals surface area contributed by atoms with Gasteiger partial charge in [-0.3, -0.25) is 0 Å². The van der Waals surface area contributed by atoms with E-state index in [1.807, 2.05) is 24.3 Å². The van der Waals surface area contributed by atoms with Gasteiger partial charge in [0, 0.05) is 6.42 Å². The van der Waals surface area contributed by atoms with Crippen LogP contribution < -0.4 is 14.8 Å². The molecule has 3 rings (SSSR count). The summed E-state index contributed by atoms with van der Waals surface area (Å²) >= 11 is 5.89. The quantitative estimate of drug-likeness (QED) is 0.933. The van der Waals surface area contributed by atoms with E-state index < -0.39 is 0 Å². The van der Waals surface area contributed by atoms with Crippen LogP contribution in [-0.2, 0) is 0 Å². The van der Waals surface area contributed by atoms with Gasteiger partial charge in [-0.15, -0.1) is 0 Å². The van der Waals surface area contributed by atoms with Crippen LogP contribution in [0.3, 0.4) is 0 Å². The molecule has 1 aliphatic rings. The average molecular weight is 308 g/mol. The largest absolute Gasteiger partial charge is 0.490 e. The van der Waals surface area contributed by atoms with Crippen molar-refractivity contribution in [3.05, 3.63) is 46.9 Å². The van der Waals surface area contributed by atoms with E-state index >= 15 is 0 Å². The third-order valence-corrected chi connectivity index (χ3v) is 3.59. The number of nitrogens with one attached hydrogen (secondary N) is 1. The molecule has 1 atom stereocenters. The highest BCUT2D eigenvalue weighted by molar-refractivity contribution is 6.28. The van der Waals surface area contributed by atoms with Gasteiger partial charge in [0.05, 0.1) is 19.3 Å². The second-order valence-corrected chi connectivity index (χ2v) is 5.26. The van der Waals surface area contributed by atoms with E-state index in [-0.39, 0.29) is 6.04 Å². The lowest BCUT2D eigenvalue weighted by molar-refractivity contribution is 0.297. The Hall–Kier alpha value is -1.65. The van der Waals surface area contributed by atoms with Crippen LogP contribution in [0.2, 0.25) is 5.22 Å². The maximum atomic E-state index is 5.89. The molecule has 0 amide bonds. The first-order valence-corrected chi connectivity index (χ1v) is 7.54. The lowest BCUT2D eigenvalue weighted by atomic mass is 10.0. The summed E-state index contributed by atoms with van der Waals surface area (Å²) in [5.74, 6) is 2.37. The lowest BCUT2D eigenvalue weighted by Gasteiger charge is -2.17. The summed E-state index contributed by atoms with van der Waals surface area (Å²) in [5.41, 5.74) is 1.06. The zero-order valence-electron chi connectivity index (χ0n) is 11.9. The Balaban J connectivity index is 1.94. The molecule has 4 nitrogen and oxygen atoms in total. The molecule has 0 saturated carbocycles. The Labute approximate surface area is 129 Å². The van der Waals surface area contributed by atoms with Crippen LogP contribution in [0.25, 0.3) is 0 Å². The van der Waals surface area contributed by atoms with Gasteiger partial charge in [0.15, 0.2) is 16.7 Å². The van der Waals surface area contributed by atoms with Crippen molar-refractivity contribution in [1.82, 2.24) is 5.32 Å². The van der Waals surface area contributed by atoms with Gasteiger partial charge < -0.3 is 19.2 Å². The van der Waals surface area contributed by atoms with Crippen LogP contribution in [0.1, 0.15) is 30.7 Å². The number of hydrogen-bond acceptors (Lipinski definition) is 4. The fourth-order valence-corrected chi connectivity index (χ4v) is 2.58. The summed E-state index contributed by atoms with van der Waals surface area (Å²) in [7, 11) is 0. The number of hydrogen-bond donors (Lipinski definition) is 1. The predicted molar refractivity (Wildman–Crippen MR) is 81.3 cm³/mol. The van der Waals surface area contributed by atoms with E-state index in [1.54, 1.807) is 6.07 Å². The zero-order chi connectivity index (χ0) is 14.7. The van der Waals surface area contributed by atoms with Crippen LogP contribution in [0.5, 0.6) is 11.5 Å². The Morgan fingerprint density at radius 3 is 2.67 bits per heavy atom. The first-order chi connectivity index (χ1) is 10.3. The average Bonchev–Trinajstić information content (AvgIpc) is 2.78. The number of benzene rings is 1. The van der Waals surface area contributed by atoms with Gasteiger partial charge in [-0.05, 0) is 48.0 Å². The number of halogens is 1. The summed E-state index contributed by atoms with van der Waals surface area (Å²) in [6.07, 6.45) is 0.897. The minimum atomic E-state index is -0.0559.